The zero-order valence-electron chi connectivity index (χ0n) is 8.59. The number of amides is 2. The van der Waals surface area contributed by atoms with E-state index in [-0.39, 0.29) is 6.42 Å². The lowest BCUT2D eigenvalue weighted by atomic mass is 10.0. The van der Waals surface area contributed by atoms with E-state index >= 15 is 0 Å². The molecule has 0 aliphatic carbocycles. The average molecular weight is 220 g/mol. The third-order valence-corrected chi connectivity index (χ3v) is 2.77. The van der Waals surface area contributed by atoms with E-state index < -0.39 is 17.4 Å². The Kier molecular flexibility index (Phi) is 2.40. The summed E-state index contributed by atoms with van der Waals surface area (Å²) in [7, 11) is 0. The maximum Gasteiger partial charge on any atom is 0.268 e. The molecule has 2 amide bonds. The van der Waals surface area contributed by atoms with Gasteiger partial charge in [0.05, 0.1) is 0 Å². The summed E-state index contributed by atoms with van der Waals surface area (Å²) >= 11 is 0. The second kappa shape index (κ2) is 3.61. The van der Waals surface area contributed by atoms with Gasteiger partial charge in [-0.3, -0.25) is 9.59 Å². The minimum Gasteiger partial charge on any atom is -0.372 e. The predicted molar refractivity (Wildman–Crippen MR) is 57.6 cm³/mol. The lowest BCUT2D eigenvalue weighted by molar-refractivity contribution is -0.146. The van der Waals surface area contributed by atoms with Crippen molar-refractivity contribution < 1.29 is 14.7 Å². The van der Waals surface area contributed by atoms with Crippen LogP contribution in [0.4, 0.5) is 5.69 Å². The Balaban J connectivity index is 2.30. The molecule has 3 N–H and O–H groups in total. The standard InChI is InChI=1S/C11H12N2O3/c12-9(14)11(16)6-7-13(10(11)15)8-4-2-1-3-5-8/h1-5,16H,6-7H2,(H2,12,14)/t11-/m0/s1. The van der Waals surface area contributed by atoms with E-state index in [1.54, 1.807) is 24.3 Å². The second-order valence-corrected chi connectivity index (χ2v) is 3.77. The van der Waals surface area contributed by atoms with E-state index in [0.717, 1.165) is 0 Å². The summed E-state index contributed by atoms with van der Waals surface area (Å²) in [4.78, 5) is 24.2. The lowest BCUT2D eigenvalue weighted by Crippen LogP contribution is -2.50. The highest BCUT2D eigenvalue weighted by atomic mass is 16.3. The number of carbonyl (C=O) groups is 2. The molecular formula is C11H12N2O3. The summed E-state index contributed by atoms with van der Waals surface area (Å²) in [5.41, 5.74) is 3.64. The molecule has 1 fully saturated rings. The van der Waals surface area contributed by atoms with Gasteiger partial charge in [0.25, 0.3) is 11.8 Å². The molecule has 0 unspecified atom stereocenters. The number of benzene rings is 1. The van der Waals surface area contributed by atoms with E-state index in [2.05, 4.69) is 0 Å². The first-order valence-electron chi connectivity index (χ1n) is 4.95. The van der Waals surface area contributed by atoms with Crippen LogP contribution in [0, 0.1) is 0 Å². The smallest absolute Gasteiger partial charge is 0.268 e. The van der Waals surface area contributed by atoms with Crippen molar-refractivity contribution in [3.63, 3.8) is 0 Å². The highest BCUT2D eigenvalue weighted by molar-refractivity contribution is 6.15. The van der Waals surface area contributed by atoms with E-state index in [9.17, 15) is 14.7 Å². The molecule has 2 rings (SSSR count). The van der Waals surface area contributed by atoms with Crippen molar-refractivity contribution in [3.8, 4) is 0 Å². The van der Waals surface area contributed by atoms with E-state index in [1.165, 1.54) is 4.90 Å². The lowest BCUT2D eigenvalue weighted by Gasteiger charge is -2.19. The molecule has 1 saturated heterocycles. The molecule has 0 spiro atoms. The van der Waals surface area contributed by atoms with Gasteiger partial charge in [-0.25, -0.2) is 0 Å². The Morgan fingerprint density at radius 3 is 2.50 bits per heavy atom. The first-order valence-corrected chi connectivity index (χ1v) is 4.95. The molecule has 1 heterocycles. The Labute approximate surface area is 92.5 Å². The first-order chi connectivity index (χ1) is 7.55. The van der Waals surface area contributed by atoms with Crippen LogP contribution in [0.2, 0.25) is 0 Å². The van der Waals surface area contributed by atoms with Crippen LogP contribution >= 0.6 is 0 Å². The Hall–Kier alpha value is -1.88. The molecule has 84 valence electrons. The van der Waals surface area contributed by atoms with Gasteiger partial charge in [-0.1, -0.05) is 18.2 Å². The molecule has 1 aromatic rings. The van der Waals surface area contributed by atoms with Gasteiger partial charge < -0.3 is 15.7 Å². The number of nitrogens with zero attached hydrogens (tertiary/aromatic N) is 1. The Bertz CT molecular complexity index is 432. The topological polar surface area (TPSA) is 83.6 Å². The van der Waals surface area contributed by atoms with Crippen molar-refractivity contribution in [2.45, 2.75) is 12.0 Å². The van der Waals surface area contributed by atoms with Gasteiger partial charge in [0, 0.05) is 18.7 Å². The number of para-hydroxylation sites is 1. The number of primary amides is 1. The van der Waals surface area contributed by atoms with Gasteiger partial charge in [0.1, 0.15) is 0 Å². The monoisotopic (exact) mass is 220 g/mol. The number of carbonyl (C=O) groups excluding carboxylic acids is 2. The number of nitrogens with two attached hydrogens (primary N) is 1. The van der Waals surface area contributed by atoms with Crippen LogP contribution in [0.5, 0.6) is 0 Å². The third-order valence-electron chi connectivity index (χ3n) is 2.77. The molecule has 1 atom stereocenters. The Morgan fingerprint density at radius 1 is 1.38 bits per heavy atom. The fourth-order valence-electron chi connectivity index (χ4n) is 1.79. The van der Waals surface area contributed by atoms with Crippen LogP contribution in [0.3, 0.4) is 0 Å². The number of rotatable bonds is 2. The Morgan fingerprint density at radius 2 is 2.00 bits per heavy atom. The van der Waals surface area contributed by atoms with Crippen molar-refractivity contribution >= 4 is 17.5 Å². The maximum absolute atomic E-state index is 11.8. The van der Waals surface area contributed by atoms with Crippen molar-refractivity contribution in [1.82, 2.24) is 0 Å². The third kappa shape index (κ3) is 1.45. The molecule has 1 aliphatic heterocycles. The summed E-state index contributed by atoms with van der Waals surface area (Å²) in [5, 5.41) is 9.80. The van der Waals surface area contributed by atoms with E-state index in [1.807, 2.05) is 6.07 Å². The van der Waals surface area contributed by atoms with Gasteiger partial charge in [-0.15, -0.1) is 0 Å². The summed E-state index contributed by atoms with van der Waals surface area (Å²) in [6, 6.07) is 8.87. The SMILES string of the molecule is NC(=O)[C@@]1(O)CCN(c2ccccc2)C1=O. The molecule has 5 nitrogen and oxygen atoms in total. The number of aliphatic hydroxyl groups is 1. The number of hydrogen-bond donors (Lipinski definition) is 2. The van der Waals surface area contributed by atoms with Gasteiger partial charge in [0.2, 0.25) is 5.60 Å². The summed E-state index contributed by atoms with van der Waals surface area (Å²) in [6.45, 7) is 0.294. The summed E-state index contributed by atoms with van der Waals surface area (Å²) < 4.78 is 0. The van der Waals surface area contributed by atoms with Gasteiger partial charge in [-0.05, 0) is 12.1 Å². The van der Waals surface area contributed by atoms with Gasteiger partial charge in [0.15, 0.2) is 0 Å². The number of anilines is 1. The average Bonchev–Trinajstić information content (AvgIpc) is 2.59. The maximum atomic E-state index is 11.8. The normalized spacial score (nSPS) is 24.8. The largest absolute Gasteiger partial charge is 0.372 e. The van der Waals surface area contributed by atoms with Crippen molar-refractivity contribution in [2.75, 3.05) is 11.4 Å². The van der Waals surface area contributed by atoms with Crippen LogP contribution in [0.1, 0.15) is 6.42 Å². The van der Waals surface area contributed by atoms with Gasteiger partial charge >= 0.3 is 0 Å². The van der Waals surface area contributed by atoms with Crippen LogP contribution in [0.15, 0.2) is 30.3 Å². The quantitative estimate of drug-likeness (QED) is 0.667. The summed E-state index contributed by atoms with van der Waals surface area (Å²) in [6.07, 6.45) is 0.0378. The molecule has 0 radical (unpaired) electrons. The molecule has 0 bridgehead atoms. The minimum atomic E-state index is -2.05. The predicted octanol–water partition coefficient (Wildman–Crippen LogP) is -0.360. The number of hydrogen-bond acceptors (Lipinski definition) is 3. The summed E-state index contributed by atoms with van der Waals surface area (Å²) in [5.74, 6) is -1.64. The molecule has 5 heteroatoms. The van der Waals surface area contributed by atoms with Crippen LogP contribution in [0.25, 0.3) is 0 Å². The zero-order chi connectivity index (χ0) is 11.8. The van der Waals surface area contributed by atoms with Crippen LogP contribution < -0.4 is 10.6 Å². The molecule has 1 aromatic carbocycles. The fourth-order valence-corrected chi connectivity index (χ4v) is 1.79. The van der Waals surface area contributed by atoms with Crippen molar-refractivity contribution in [2.24, 2.45) is 5.73 Å². The van der Waals surface area contributed by atoms with Crippen molar-refractivity contribution in [1.29, 1.82) is 0 Å². The molecular weight excluding hydrogens is 208 g/mol. The highest BCUT2D eigenvalue weighted by Crippen LogP contribution is 2.27. The van der Waals surface area contributed by atoms with E-state index in [4.69, 9.17) is 5.73 Å². The molecule has 16 heavy (non-hydrogen) atoms. The highest BCUT2D eigenvalue weighted by Gasteiger charge is 2.50. The van der Waals surface area contributed by atoms with E-state index in [0.29, 0.717) is 12.2 Å². The zero-order valence-corrected chi connectivity index (χ0v) is 8.59. The van der Waals surface area contributed by atoms with Crippen LogP contribution in [-0.4, -0.2) is 29.1 Å². The van der Waals surface area contributed by atoms with Gasteiger partial charge in [-0.2, -0.15) is 0 Å². The van der Waals surface area contributed by atoms with Crippen molar-refractivity contribution in [3.05, 3.63) is 30.3 Å². The second-order valence-electron chi connectivity index (χ2n) is 3.77. The minimum absolute atomic E-state index is 0.0378. The fraction of sp³-hybridized carbons (Fsp3) is 0.273. The van der Waals surface area contributed by atoms with Crippen LogP contribution in [-0.2, 0) is 9.59 Å². The first kappa shape index (κ1) is 10.6. The molecule has 0 aromatic heterocycles. The molecule has 1 aliphatic rings. The molecule has 0 saturated carbocycles.